The van der Waals surface area contributed by atoms with E-state index in [2.05, 4.69) is 57.5 Å². The number of rotatable bonds is 3. The van der Waals surface area contributed by atoms with Crippen molar-refractivity contribution in [3.05, 3.63) is 29.6 Å². The van der Waals surface area contributed by atoms with Gasteiger partial charge in [0, 0.05) is 12.5 Å². The van der Waals surface area contributed by atoms with Crippen LogP contribution in [0.25, 0.3) is 11.0 Å². The standard InChI is InChI=1S/C16H25N3/c1-6-11(10-17)12-7-8-13-14(9-12)19(5)15(18-13)16(2,3)4/h7-9,11H,6,10,17H2,1-5H3. The van der Waals surface area contributed by atoms with Crippen molar-refractivity contribution in [1.82, 2.24) is 9.55 Å². The average Bonchev–Trinajstić information content (AvgIpc) is 2.68. The summed E-state index contributed by atoms with van der Waals surface area (Å²) in [6.07, 6.45) is 1.08. The highest BCUT2D eigenvalue weighted by Gasteiger charge is 2.21. The molecule has 0 saturated heterocycles. The van der Waals surface area contributed by atoms with Crippen molar-refractivity contribution in [3.63, 3.8) is 0 Å². The molecule has 1 aromatic carbocycles. The maximum Gasteiger partial charge on any atom is 0.115 e. The van der Waals surface area contributed by atoms with E-state index in [-0.39, 0.29) is 5.41 Å². The predicted molar refractivity (Wildman–Crippen MR) is 81.5 cm³/mol. The fourth-order valence-electron chi connectivity index (χ4n) is 2.67. The lowest BCUT2D eigenvalue weighted by atomic mass is 9.95. The van der Waals surface area contributed by atoms with Gasteiger partial charge in [0.25, 0.3) is 0 Å². The Morgan fingerprint density at radius 3 is 2.53 bits per heavy atom. The molecule has 0 aliphatic carbocycles. The van der Waals surface area contributed by atoms with Crippen LogP contribution in [0.2, 0.25) is 0 Å². The largest absolute Gasteiger partial charge is 0.331 e. The predicted octanol–water partition coefficient (Wildman–Crippen LogP) is 3.32. The molecule has 0 aliphatic rings. The molecule has 2 rings (SSSR count). The summed E-state index contributed by atoms with van der Waals surface area (Å²) in [4.78, 5) is 4.77. The first-order valence-corrected chi connectivity index (χ1v) is 7.05. The van der Waals surface area contributed by atoms with Gasteiger partial charge in [-0.05, 0) is 36.6 Å². The summed E-state index contributed by atoms with van der Waals surface area (Å²) >= 11 is 0. The summed E-state index contributed by atoms with van der Waals surface area (Å²) in [5.41, 5.74) is 9.51. The number of fused-ring (bicyclic) bond motifs is 1. The molecule has 0 spiro atoms. The zero-order valence-corrected chi connectivity index (χ0v) is 12.7. The minimum atomic E-state index is 0.0615. The fraction of sp³-hybridized carbons (Fsp3) is 0.562. The van der Waals surface area contributed by atoms with Crippen LogP contribution in [0.15, 0.2) is 18.2 Å². The van der Waals surface area contributed by atoms with E-state index in [1.54, 1.807) is 0 Å². The van der Waals surface area contributed by atoms with Crippen molar-refractivity contribution in [2.45, 2.75) is 45.4 Å². The lowest BCUT2D eigenvalue weighted by Crippen LogP contribution is -2.17. The Balaban J connectivity index is 2.57. The van der Waals surface area contributed by atoms with E-state index in [0.717, 1.165) is 17.8 Å². The number of nitrogens with two attached hydrogens (primary N) is 1. The summed E-state index contributed by atoms with van der Waals surface area (Å²) in [7, 11) is 2.10. The van der Waals surface area contributed by atoms with Crippen LogP contribution < -0.4 is 5.73 Å². The van der Waals surface area contributed by atoms with Crippen molar-refractivity contribution < 1.29 is 0 Å². The Bertz CT molecular complexity index is 571. The first-order valence-electron chi connectivity index (χ1n) is 7.05. The molecule has 3 nitrogen and oxygen atoms in total. The van der Waals surface area contributed by atoms with Crippen LogP contribution in [0.5, 0.6) is 0 Å². The van der Waals surface area contributed by atoms with Crippen LogP contribution in [0.3, 0.4) is 0 Å². The zero-order chi connectivity index (χ0) is 14.2. The van der Waals surface area contributed by atoms with E-state index in [0.29, 0.717) is 12.5 Å². The van der Waals surface area contributed by atoms with Gasteiger partial charge in [-0.3, -0.25) is 0 Å². The maximum absolute atomic E-state index is 5.85. The van der Waals surface area contributed by atoms with E-state index < -0.39 is 0 Å². The topological polar surface area (TPSA) is 43.8 Å². The van der Waals surface area contributed by atoms with Crippen LogP contribution >= 0.6 is 0 Å². The van der Waals surface area contributed by atoms with Crippen LogP contribution in [0.4, 0.5) is 0 Å². The number of imidazole rings is 1. The Morgan fingerprint density at radius 2 is 2.00 bits per heavy atom. The second-order valence-corrected chi connectivity index (χ2v) is 6.33. The van der Waals surface area contributed by atoms with Crippen molar-refractivity contribution in [3.8, 4) is 0 Å². The third kappa shape index (κ3) is 2.52. The van der Waals surface area contributed by atoms with E-state index in [9.17, 15) is 0 Å². The maximum atomic E-state index is 5.85. The van der Waals surface area contributed by atoms with Gasteiger partial charge in [-0.1, -0.05) is 33.8 Å². The summed E-state index contributed by atoms with van der Waals surface area (Å²) in [5, 5.41) is 0. The molecule has 0 fully saturated rings. The van der Waals surface area contributed by atoms with E-state index in [4.69, 9.17) is 10.7 Å². The van der Waals surface area contributed by atoms with Crippen LogP contribution in [0, 0.1) is 0 Å². The fourth-order valence-corrected chi connectivity index (χ4v) is 2.67. The Hall–Kier alpha value is -1.35. The highest BCUT2D eigenvalue weighted by Crippen LogP contribution is 2.28. The smallest absolute Gasteiger partial charge is 0.115 e. The molecular formula is C16H25N3. The molecule has 19 heavy (non-hydrogen) atoms. The molecule has 0 amide bonds. The van der Waals surface area contributed by atoms with Gasteiger partial charge in [0.1, 0.15) is 5.82 Å². The SMILES string of the molecule is CCC(CN)c1ccc2nc(C(C)(C)C)n(C)c2c1. The Morgan fingerprint density at radius 1 is 1.32 bits per heavy atom. The summed E-state index contributed by atoms with van der Waals surface area (Å²) in [5.74, 6) is 1.57. The second-order valence-electron chi connectivity index (χ2n) is 6.33. The summed E-state index contributed by atoms with van der Waals surface area (Å²) in [6, 6.07) is 6.54. The number of nitrogens with zero attached hydrogens (tertiary/aromatic N) is 2. The molecule has 0 aliphatic heterocycles. The molecule has 0 radical (unpaired) electrons. The summed E-state index contributed by atoms with van der Waals surface area (Å²) in [6.45, 7) is 9.48. The molecule has 2 N–H and O–H groups in total. The Labute approximate surface area is 115 Å². The lowest BCUT2D eigenvalue weighted by Gasteiger charge is -2.17. The average molecular weight is 259 g/mol. The molecular weight excluding hydrogens is 234 g/mol. The number of hydrogen-bond donors (Lipinski definition) is 1. The van der Waals surface area contributed by atoms with Crippen LogP contribution in [0.1, 0.15) is 51.4 Å². The second kappa shape index (κ2) is 4.97. The van der Waals surface area contributed by atoms with Gasteiger partial charge in [-0.25, -0.2) is 4.98 Å². The first-order chi connectivity index (χ1) is 8.88. The van der Waals surface area contributed by atoms with Crippen molar-refractivity contribution in [2.24, 2.45) is 12.8 Å². The number of hydrogen-bond acceptors (Lipinski definition) is 2. The van der Waals surface area contributed by atoms with Gasteiger partial charge in [-0.2, -0.15) is 0 Å². The molecule has 1 aromatic heterocycles. The Kier molecular flexibility index (Phi) is 3.68. The zero-order valence-electron chi connectivity index (χ0n) is 12.7. The monoisotopic (exact) mass is 259 g/mol. The highest BCUT2D eigenvalue weighted by molar-refractivity contribution is 5.77. The molecule has 1 unspecified atom stereocenters. The number of aromatic nitrogens is 2. The third-order valence-corrected chi connectivity index (χ3v) is 3.82. The minimum Gasteiger partial charge on any atom is -0.331 e. The third-order valence-electron chi connectivity index (χ3n) is 3.82. The van der Waals surface area contributed by atoms with Crippen molar-refractivity contribution in [1.29, 1.82) is 0 Å². The molecule has 3 heteroatoms. The van der Waals surface area contributed by atoms with Gasteiger partial charge in [0.05, 0.1) is 11.0 Å². The van der Waals surface area contributed by atoms with Crippen molar-refractivity contribution in [2.75, 3.05) is 6.54 Å². The molecule has 0 saturated carbocycles. The van der Waals surface area contributed by atoms with Gasteiger partial charge >= 0.3 is 0 Å². The number of benzene rings is 1. The van der Waals surface area contributed by atoms with Gasteiger partial charge in [-0.15, -0.1) is 0 Å². The van der Waals surface area contributed by atoms with Crippen LogP contribution in [-0.2, 0) is 12.5 Å². The summed E-state index contributed by atoms with van der Waals surface area (Å²) < 4.78 is 2.21. The van der Waals surface area contributed by atoms with E-state index >= 15 is 0 Å². The van der Waals surface area contributed by atoms with Crippen LogP contribution in [-0.4, -0.2) is 16.1 Å². The number of aryl methyl sites for hydroxylation is 1. The molecule has 104 valence electrons. The normalized spacial score (nSPS) is 14.0. The van der Waals surface area contributed by atoms with Crippen molar-refractivity contribution >= 4 is 11.0 Å². The molecule has 2 aromatic rings. The van der Waals surface area contributed by atoms with Gasteiger partial charge in [0.15, 0.2) is 0 Å². The molecule has 1 heterocycles. The lowest BCUT2D eigenvalue weighted by molar-refractivity contribution is 0.526. The minimum absolute atomic E-state index is 0.0615. The van der Waals surface area contributed by atoms with E-state index in [1.807, 2.05) is 0 Å². The first kappa shape index (κ1) is 14.1. The van der Waals surface area contributed by atoms with Gasteiger partial charge in [0.2, 0.25) is 0 Å². The molecule has 0 bridgehead atoms. The molecule has 1 atom stereocenters. The highest BCUT2D eigenvalue weighted by atomic mass is 15.1. The van der Waals surface area contributed by atoms with E-state index in [1.165, 1.54) is 11.1 Å². The van der Waals surface area contributed by atoms with Gasteiger partial charge < -0.3 is 10.3 Å². The quantitative estimate of drug-likeness (QED) is 0.919.